The van der Waals surface area contributed by atoms with Crippen LogP contribution in [0.5, 0.6) is 0 Å². The maximum absolute atomic E-state index is 10.2. The summed E-state index contributed by atoms with van der Waals surface area (Å²) in [4.78, 5) is 7.98. The summed E-state index contributed by atoms with van der Waals surface area (Å²) >= 11 is 0. The molecule has 0 saturated carbocycles. The summed E-state index contributed by atoms with van der Waals surface area (Å²) in [6.07, 6.45) is 15.8. The van der Waals surface area contributed by atoms with Gasteiger partial charge in [-0.1, -0.05) is 37.9 Å². The van der Waals surface area contributed by atoms with Crippen molar-refractivity contribution < 1.29 is 27.3 Å². The second-order valence-corrected chi connectivity index (χ2v) is 7.10. The third-order valence-electron chi connectivity index (χ3n) is 4.47. The number of benzene rings is 1. The van der Waals surface area contributed by atoms with Gasteiger partial charge in [0.25, 0.3) is 0 Å². The van der Waals surface area contributed by atoms with Gasteiger partial charge >= 0.3 is 20.1 Å². The van der Waals surface area contributed by atoms with Crippen molar-refractivity contribution in [1.29, 1.82) is 0 Å². The quantitative estimate of drug-likeness (QED) is 0.123. The molecule has 0 bridgehead atoms. The van der Waals surface area contributed by atoms with E-state index in [1.54, 1.807) is 42.8 Å². The van der Waals surface area contributed by atoms with Crippen LogP contribution >= 0.6 is 0 Å². The van der Waals surface area contributed by atoms with E-state index in [9.17, 15) is 5.41 Å². The van der Waals surface area contributed by atoms with Crippen LogP contribution in [0.1, 0.15) is 33.6 Å². The summed E-state index contributed by atoms with van der Waals surface area (Å²) in [6.45, 7) is 14.6. The van der Waals surface area contributed by atoms with Crippen molar-refractivity contribution in [3.05, 3.63) is 140 Å². The molecule has 3 aromatic heterocycles. The number of fused-ring (bicyclic) bond motifs is 3. The van der Waals surface area contributed by atoms with E-state index in [-0.39, 0.29) is 43.5 Å². The Morgan fingerprint density at radius 3 is 2.37 bits per heavy atom. The predicted octanol–water partition coefficient (Wildman–Crippen LogP) is 7.80. The van der Waals surface area contributed by atoms with Gasteiger partial charge in [-0.25, -0.2) is 5.71 Å². The van der Waals surface area contributed by atoms with Crippen LogP contribution in [0, 0.1) is 12.1 Å². The topological polar surface area (TPSA) is 61.2 Å². The monoisotopic (exact) mass is 641 g/mol. The first-order valence-corrected chi connectivity index (χ1v) is 10.6. The zero-order valence-electron chi connectivity index (χ0n) is 21.8. The number of hydrogen-bond acceptors (Lipinski definition) is 3. The van der Waals surface area contributed by atoms with Crippen molar-refractivity contribution in [2.75, 3.05) is 0 Å². The Balaban J connectivity index is 0.000000355. The number of furan rings is 1. The van der Waals surface area contributed by atoms with Gasteiger partial charge in [0.15, 0.2) is 0 Å². The van der Waals surface area contributed by atoms with Crippen molar-refractivity contribution in [2.24, 2.45) is 0 Å². The molecule has 178 valence electrons. The van der Waals surface area contributed by atoms with E-state index in [1.807, 2.05) is 30.6 Å². The van der Waals surface area contributed by atoms with E-state index in [4.69, 9.17) is 7.16 Å². The number of aromatic nitrogens is 2. The van der Waals surface area contributed by atoms with E-state index < -0.39 is 0 Å². The van der Waals surface area contributed by atoms with Gasteiger partial charge in [-0.2, -0.15) is 37.5 Å². The van der Waals surface area contributed by atoms with Crippen LogP contribution in [0.3, 0.4) is 0 Å². The van der Waals surface area contributed by atoms with E-state index in [1.165, 1.54) is 11.6 Å². The maximum Gasteiger partial charge on any atom is 3.00 e. The van der Waals surface area contributed by atoms with E-state index >= 15 is 0 Å². The Kier molecular flexibility index (Phi) is 11.9. The molecule has 3 heterocycles. The van der Waals surface area contributed by atoms with E-state index in [2.05, 4.69) is 55.7 Å². The van der Waals surface area contributed by atoms with E-state index in [0.717, 1.165) is 10.8 Å². The van der Waals surface area contributed by atoms with Crippen molar-refractivity contribution in [2.45, 2.75) is 19.8 Å². The first-order chi connectivity index (χ1) is 17.3. The Morgan fingerprint density at radius 2 is 1.80 bits per heavy atom. The number of pyridine rings is 2. The molecule has 0 radical (unpaired) electrons. The van der Waals surface area contributed by atoms with Gasteiger partial charge in [0.2, 0.25) is 0 Å². The Morgan fingerprint density at radius 1 is 1.09 bits per heavy atom. The minimum Gasteiger partial charge on any atom is -0.855 e. The van der Waals surface area contributed by atoms with Crippen LogP contribution in [0.15, 0.2) is 116 Å². The predicted molar refractivity (Wildman–Crippen MR) is 144 cm³/mol. The van der Waals surface area contributed by atoms with Crippen LogP contribution in [-0.2, 0) is 20.1 Å². The fourth-order valence-corrected chi connectivity index (χ4v) is 2.83. The molecule has 1 aromatic carbocycles. The second-order valence-electron chi connectivity index (χ2n) is 7.10. The molecule has 0 aliphatic rings. The molecule has 0 spiro atoms. The molecule has 4 nitrogen and oxygen atoms in total. The zero-order chi connectivity index (χ0) is 26.5. The molecule has 0 N–H and O–H groups in total. The Labute approximate surface area is 224 Å². The molecular formula is C30H28IrN3O. The van der Waals surface area contributed by atoms with Crippen LogP contribution in [-0.4, -0.2) is 15.7 Å². The molecule has 0 unspecified atom stereocenters. The molecule has 0 saturated heterocycles. The molecule has 0 aliphatic heterocycles. The summed E-state index contributed by atoms with van der Waals surface area (Å²) in [5.74, 6) is 0.619. The van der Waals surface area contributed by atoms with Gasteiger partial charge in [0.1, 0.15) is 5.58 Å². The molecule has 35 heavy (non-hydrogen) atoms. The standard InChI is InChI=1S/C16H10N2O.C8H11N.C6H7.Ir/c1-2-3-7-14(17)12-6-4-5-11-13-10-18-9-8-15(13)19-16(11)12;1-7(2)8-3-5-9-6-4-8;1-3-5-6-4-2;/h2-5,7-10H,1H2;3-7H,1-2H3;3-5H,1-2H2;/q-2;;-1;+3/b7-3-;;;/i3D,7D;;;. The van der Waals surface area contributed by atoms with Gasteiger partial charge in [-0.15, -0.1) is 29.8 Å². The van der Waals surface area contributed by atoms with Gasteiger partial charge in [-0.05, 0) is 29.7 Å². The summed E-state index contributed by atoms with van der Waals surface area (Å²) < 4.78 is 21.1. The molecule has 4 rings (SSSR count). The third-order valence-corrected chi connectivity index (χ3v) is 4.47. The van der Waals surface area contributed by atoms with Gasteiger partial charge in [0.05, 0.1) is 1.37 Å². The van der Waals surface area contributed by atoms with Gasteiger partial charge in [0, 0.05) is 37.1 Å². The third kappa shape index (κ3) is 8.89. The molecule has 0 amide bonds. The molecular weight excluding hydrogens is 611 g/mol. The van der Waals surface area contributed by atoms with Gasteiger partial charge < -0.3 is 9.83 Å². The second kappa shape index (κ2) is 16.0. The first-order valence-electron chi connectivity index (χ1n) is 11.6. The fourth-order valence-electron chi connectivity index (χ4n) is 2.83. The minimum absolute atomic E-state index is 0. The smallest absolute Gasteiger partial charge is 0.855 e. The van der Waals surface area contributed by atoms with Crippen molar-refractivity contribution in [3.63, 3.8) is 0 Å². The van der Waals surface area contributed by atoms with E-state index in [0.29, 0.717) is 17.1 Å². The molecule has 0 aliphatic carbocycles. The van der Waals surface area contributed by atoms with Crippen molar-refractivity contribution in [3.8, 4) is 0 Å². The summed E-state index contributed by atoms with van der Waals surface area (Å²) in [5.41, 5.74) is 2.29. The average Bonchev–Trinajstić information content (AvgIpc) is 3.30. The maximum atomic E-state index is 10.2. The Bertz CT molecular complexity index is 1400. The number of allylic oxidation sites excluding steroid dienone is 7. The van der Waals surface area contributed by atoms with Crippen LogP contribution in [0.2, 0.25) is 0 Å². The Hall–Kier alpha value is -3.66. The van der Waals surface area contributed by atoms with Crippen LogP contribution in [0.25, 0.3) is 27.3 Å². The zero-order valence-corrected chi connectivity index (χ0v) is 22.2. The van der Waals surface area contributed by atoms with Crippen molar-refractivity contribution >= 4 is 27.7 Å². The number of rotatable bonds is 6. The molecule has 4 aromatic rings. The molecule has 5 heteroatoms. The fraction of sp³-hybridized carbons (Fsp3) is 0.100. The summed E-state index contributed by atoms with van der Waals surface area (Å²) in [6, 6.07) is 11.6. The average molecular weight is 641 g/mol. The van der Waals surface area contributed by atoms with Crippen molar-refractivity contribution in [1.82, 2.24) is 9.97 Å². The first kappa shape index (κ1) is 26.0. The molecule has 0 fully saturated rings. The normalized spacial score (nSPS) is 11.6. The van der Waals surface area contributed by atoms with Gasteiger partial charge in [-0.3, -0.25) is 9.97 Å². The largest absolute Gasteiger partial charge is 3.00 e. The SMILES string of the molecule is C=C[C-]=CC=C.CC(C)c1ccncc1.[2H]/C(C=C)=C(\[2H])C(=[N-])c1[c-]ccc2c1oc1ccncc12.[Ir+3]. The van der Waals surface area contributed by atoms with Crippen LogP contribution in [0.4, 0.5) is 0 Å². The minimum atomic E-state index is -0.363. The number of hydrogen-bond donors (Lipinski definition) is 0. The summed E-state index contributed by atoms with van der Waals surface area (Å²) in [5, 5.41) is 11.8. The van der Waals surface area contributed by atoms with Crippen LogP contribution < -0.4 is 0 Å². The number of nitrogens with zero attached hydrogens (tertiary/aromatic N) is 3. The molecule has 0 atom stereocenters. The summed E-state index contributed by atoms with van der Waals surface area (Å²) in [7, 11) is 0.